The number of halogens is 4. The van der Waals surface area contributed by atoms with Crippen molar-refractivity contribution in [1.82, 2.24) is 14.9 Å². The van der Waals surface area contributed by atoms with Gasteiger partial charge in [0.15, 0.2) is 0 Å². The molecule has 0 atom stereocenters. The van der Waals surface area contributed by atoms with Crippen molar-refractivity contribution >= 4 is 41.3 Å². The first-order chi connectivity index (χ1) is 15.7. The Bertz CT molecular complexity index is 1240. The summed E-state index contributed by atoms with van der Waals surface area (Å²) < 4.78 is 40.9. The van der Waals surface area contributed by atoms with Gasteiger partial charge in [0.25, 0.3) is 0 Å². The van der Waals surface area contributed by atoms with Gasteiger partial charge < -0.3 is 15.3 Å². The van der Waals surface area contributed by atoms with Crippen molar-refractivity contribution in [2.75, 3.05) is 18.9 Å². The number of rotatable bonds is 5. The van der Waals surface area contributed by atoms with Crippen LogP contribution in [0.1, 0.15) is 51.4 Å². The van der Waals surface area contributed by atoms with Gasteiger partial charge in [0, 0.05) is 30.4 Å². The number of nitrogens with zero attached hydrogens (tertiary/aromatic N) is 3. The fraction of sp³-hybridized carbons (Fsp3) is 0.348. The van der Waals surface area contributed by atoms with Crippen LogP contribution in [0.15, 0.2) is 29.8 Å². The van der Waals surface area contributed by atoms with Gasteiger partial charge in [0.05, 0.1) is 16.1 Å². The number of alkyl halides is 3. The minimum atomic E-state index is -4.67. The maximum Gasteiger partial charge on any atom is 0.420 e. The maximum absolute atomic E-state index is 13.6. The molecule has 0 unspecified atom stereocenters. The van der Waals surface area contributed by atoms with E-state index in [0.717, 1.165) is 61.1 Å². The lowest BCUT2D eigenvalue weighted by molar-refractivity contribution is -0.137. The van der Waals surface area contributed by atoms with Crippen LogP contribution in [0.2, 0.25) is 0 Å². The average molecular weight is 511 g/mol. The molecule has 0 amide bonds. The second-order valence-electron chi connectivity index (χ2n) is 8.55. The number of carboxylic acids is 1. The third-order valence-electron chi connectivity index (χ3n) is 6.01. The Hall–Kier alpha value is -2.69. The molecule has 0 saturated heterocycles. The number of carboxylic acid groups (broad SMARTS) is 1. The van der Waals surface area contributed by atoms with Crippen LogP contribution in [-0.2, 0) is 19.1 Å². The highest BCUT2D eigenvalue weighted by molar-refractivity contribution is 7.13. The van der Waals surface area contributed by atoms with E-state index in [-0.39, 0.29) is 34.5 Å². The highest BCUT2D eigenvalue weighted by Crippen LogP contribution is 2.46. The standard InChI is InChI=1S/C23H21F3N4O2S.ClH/c1-30-5-4-13-7-18(16(12-2-3-12)6-14(13)10-30)28-22-27-9-17(23(24,25)26)20(29-22)19-8-15(11-33-19)21(31)32;/h6-9,11-12H,2-5,10H2,1H3,(H,31,32)(H,27,28,29);1H. The predicted molar refractivity (Wildman–Crippen MR) is 126 cm³/mol. The number of thiophene rings is 1. The Balaban J connectivity index is 0.00000274. The van der Waals surface area contributed by atoms with E-state index in [1.165, 1.54) is 22.6 Å². The number of carbonyl (C=O) groups is 1. The summed E-state index contributed by atoms with van der Waals surface area (Å²) in [5, 5.41) is 13.6. The van der Waals surface area contributed by atoms with Crippen LogP contribution in [0.4, 0.5) is 24.8 Å². The minimum absolute atomic E-state index is 0. The maximum atomic E-state index is 13.6. The summed E-state index contributed by atoms with van der Waals surface area (Å²) >= 11 is 0.910. The zero-order chi connectivity index (χ0) is 23.3. The normalized spacial score (nSPS) is 16.0. The van der Waals surface area contributed by atoms with E-state index in [1.54, 1.807) is 0 Å². The van der Waals surface area contributed by atoms with Crippen LogP contribution in [0.3, 0.4) is 0 Å². The lowest BCUT2D eigenvalue weighted by atomic mass is 9.94. The molecule has 2 N–H and O–H groups in total. The van der Waals surface area contributed by atoms with Crippen molar-refractivity contribution in [2.45, 2.75) is 37.9 Å². The third kappa shape index (κ3) is 4.89. The van der Waals surface area contributed by atoms with E-state index in [0.29, 0.717) is 5.92 Å². The molecule has 1 aromatic carbocycles. The van der Waals surface area contributed by atoms with Gasteiger partial charge in [-0.05, 0) is 61.1 Å². The van der Waals surface area contributed by atoms with Crippen LogP contribution >= 0.6 is 23.7 Å². The quantitative estimate of drug-likeness (QED) is 0.441. The van der Waals surface area contributed by atoms with Gasteiger partial charge in [-0.2, -0.15) is 13.2 Å². The first kappa shape index (κ1) is 24.4. The second kappa shape index (κ2) is 9.16. The molecule has 3 aromatic rings. The Morgan fingerprint density at radius 2 is 2.00 bits per heavy atom. The van der Waals surface area contributed by atoms with Crippen molar-refractivity contribution < 1.29 is 23.1 Å². The topological polar surface area (TPSA) is 78.4 Å². The molecule has 0 bridgehead atoms. The highest BCUT2D eigenvalue weighted by Gasteiger charge is 2.36. The zero-order valence-electron chi connectivity index (χ0n) is 18.1. The summed E-state index contributed by atoms with van der Waals surface area (Å²) in [6.45, 7) is 1.82. The molecule has 11 heteroatoms. The van der Waals surface area contributed by atoms with Crippen molar-refractivity contribution in [1.29, 1.82) is 0 Å². The van der Waals surface area contributed by atoms with Crippen molar-refractivity contribution in [3.63, 3.8) is 0 Å². The van der Waals surface area contributed by atoms with Gasteiger partial charge in [0.2, 0.25) is 5.95 Å². The van der Waals surface area contributed by atoms with Crippen molar-refractivity contribution in [3.8, 4) is 10.6 Å². The fourth-order valence-electron chi connectivity index (χ4n) is 4.14. The molecule has 3 heterocycles. The van der Waals surface area contributed by atoms with E-state index in [1.807, 2.05) is 0 Å². The molecule has 34 heavy (non-hydrogen) atoms. The molecule has 0 radical (unpaired) electrons. The molecule has 1 aliphatic heterocycles. The minimum Gasteiger partial charge on any atom is -0.478 e. The van der Waals surface area contributed by atoms with E-state index >= 15 is 0 Å². The van der Waals surface area contributed by atoms with E-state index < -0.39 is 17.7 Å². The van der Waals surface area contributed by atoms with E-state index in [9.17, 15) is 18.0 Å². The second-order valence-corrected chi connectivity index (χ2v) is 9.46. The van der Waals surface area contributed by atoms with Gasteiger partial charge in [-0.25, -0.2) is 14.8 Å². The largest absolute Gasteiger partial charge is 0.478 e. The number of aromatic carboxylic acids is 1. The molecule has 5 rings (SSSR count). The number of benzene rings is 1. The summed E-state index contributed by atoms with van der Waals surface area (Å²) in [5.74, 6) is -0.723. The molecular weight excluding hydrogens is 489 g/mol. The van der Waals surface area contributed by atoms with Crippen LogP contribution in [0.25, 0.3) is 10.6 Å². The molecule has 0 spiro atoms. The van der Waals surface area contributed by atoms with Crippen LogP contribution in [0.5, 0.6) is 0 Å². The molecule has 2 aliphatic rings. The molecule has 6 nitrogen and oxygen atoms in total. The summed E-state index contributed by atoms with van der Waals surface area (Å²) in [5.41, 5.74) is 3.06. The summed E-state index contributed by atoms with van der Waals surface area (Å²) in [6, 6.07) is 5.48. The molecule has 2 aromatic heterocycles. The summed E-state index contributed by atoms with van der Waals surface area (Å²) in [6.07, 6.45) is -0.851. The number of likely N-dealkylation sites (N-methyl/N-ethyl adjacent to an activating group) is 1. The molecule has 180 valence electrons. The Kier molecular flexibility index (Phi) is 6.58. The smallest absolute Gasteiger partial charge is 0.420 e. The van der Waals surface area contributed by atoms with E-state index in [4.69, 9.17) is 5.11 Å². The van der Waals surface area contributed by atoms with Crippen LogP contribution in [0, 0.1) is 0 Å². The summed E-state index contributed by atoms with van der Waals surface area (Å²) in [4.78, 5) is 21.8. The fourth-order valence-corrected chi connectivity index (χ4v) is 5.03. The van der Waals surface area contributed by atoms with Gasteiger partial charge >= 0.3 is 12.1 Å². The zero-order valence-corrected chi connectivity index (χ0v) is 19.8. The van der Waals surface area contributed by atoms with Crippen LogP contribution in [-0.4, -0.2) is 39.5 Å². The number of hydrogen-bond donors (Lipinski definition) is 2. The molecule has 1 fully saturated rings. The molecular formula is C23H22ClF3N4O2S. The van der Waals surface area contributed by atoms with Gasteiger partial charge in [-0.15, -0.1) is 23.7 Å². The number of nitrogens with one attached hydrogen (secondary N) is 1. The number of anilines is 2. The lowest BCUT2D eigenvalue weighted by Crippen LogP contribution is -2.26. The lowest BCUT2D eigenvalue weighted by Gasteiger charge is -2.27. The van der Waals surface area contributed by atoms with Crippen LogP contribution < -0.4 is 5.32 Å². The van der Waals surface area contributed by atoms with Gasteiger partial charge in [-0.3, -0.25) is 0 Å². The SMILES string of the molecule is CN1CCc2cc(Nc3ncc(C(F)(F)F)c(-c4cc(C(=O)O)cs4)n3)c(C3CC3)cc2C1.Cl. The Morgan fingerprint density at radius 3 is 2.65 bits per heavy atom. The number of aromatic nitrogens is 2. The molecule has 1 aliphatic carbocycles. The van der Waals surface area contributed by atoms with Crippen molar-refractivity contribution in [2.24, 2.45) is 0 Å². The van der Waals surface area contributed by atoms with Gasteiger partial charge in [-0.1, -0.05) is 6.07 Å². The number of hydrogen-bond acceptors (Lipinski definition) is 6. The summed E-state index contributed by atoms with van der Waals surface area (Å²) in [7, 11) is 2.09. The first-order valence-electron chi connectivity index (χ1n) is 10.6. The molecule has 1 saturated carbocycles. The predicted octanol–water partition coefficient (Wildman–Crippen LogP) is 5.95. The monoisotopic (exact) mass is 510 g/mol. The average Bonchev–Trinajstić information content (AvgIpc) is 3.47. The Labute approximate surface area is 204 Å². The Morgan fingerprint density at radius 1 is 1.24 bits per heavy atom. The highest BCUT2D eigenvalue weighted by atomic mass is 35.5. The van der Waals surface area contributed by atoms with Gasteiger partial charge in [0.1, 0.15) is 5.56 Å². The third-order valence-corrected chi connectivity index (χ3v) is 6.95. The number of fused-ring (bicyclic) bond motifs is 1. The van der Waals surface area contributed by atoms with Crippen molar-refractivity contribution in [3.05, 3.63) is 57.6 Å². The first-order valence-corrected chi connectivity index (χ1v) is 11.4. The van der Waals surface area contributed by atoms with E-state index in [2.05, 4.69) is 39.4 Å².